The summed E-state index contributed by atoms with van der Waals surface area (Å²) in [5.74, 6) is -5.85. The van der Waals surface area contributed by atoms with Gasteiger partial charge in [-0.3, -0.25) is 28.8 Å². The average molecular weight is 420 g/mol. The highest BCUT2D eigenvalue weighted by Crippen LogP contribution is 2.05. The lowest BCUT2D eigenvalue weighted by Crippen LogP contribution is -2.49. The minimum Gasteiger partial charge on any atom is -0.480 e. The van der Waals surface area contributed by atoms with Crippen molar-refractivity contribution in [3.05, 3.63) is 0 Å². The number of rotatable bonds is 14. The van der Waals surface area contributed by atoms with Gasteiger partial charge in [0.05, 0.1) is 5.75 Å². The van der Waals surface area contributed by atoms with Gasteiger partial charge >= 0.3 is 11.9 Å². The summed E-state index contributed by atoms with van der Waals surface area (Å²) in [5, 5.41) is 24.1. The highest BCUT2D eigenvalue weighted by atomic mass is 32.2. The van der Waals surface area contributed by atoms with Crippen molar-refractivity contribution in [1.29, 1.82) is 0 Å². The molecule has 0 aromatic rings. The summed E-state index contributed by atoms with van der Waals surface area (Å²) in [6.07, 6.45) is -0.424. The Morgan fingerprint density at radius 3 is 2.25 bits per heavy atom. The highest BCUT2D eigenvalue weighted by Gasteiger charge is 2.23. The summed E-state index contributed by atoms with van der Waals surface area (Å²) in [7, 11) is 0. The maximum atomic E-state index is 12.1. The number of Topliss-reactive ketones (excluding diaryl/α,β-unsaturated/α-hetero) is 1. The highest BCUT2D eigenvalue weighted by molar-refractivity contribution is 8.00. The van der Waals surface area contributed by atoms with Crippen molar-refractivity contribution in [2.45, 2.75) is 31.8 Å². The topological polar surface area (TPSA) is 205 Å². The Hall–Kier alpha value is -2.67. The number of ketones is 1. The molecule has 7 N–H and O–H groups in total. The summed E-state index contributed by atoms with van der Waals surface area (Å²) < 4.78 is 0. The smallest absolute Gasteiger partial charge is 0.322 e. The van der Waals surface area contributed by atoms with Gasteiger partial charge in [0, 0.05) is 18.7 Å². The van der Waals surface area contributed by atoms with E-state index in [1.807, 2.05) is 0 Å². The van der Waals surface area contributed by atoms with Gasteiger partial charge < -0.3 is 31.9 Å². The fourth-order valence-corrected chi connectivity index (χ4v) is 2.64. The number of amides is 3. The van der Waals surface area contributed by atoms with Crippen LogP contribution in [0.15, 0.2) is 0 Å². The van der Waals surface area contributed by atoms with Crippen LogP contribution in [0.4, 0.5) is 0 Å². The van der Waals surface area contributed by atoms with Crippen molar-refractivity contribution in [3.63, 3.8) is 0 Å². The molecule has 28 heavy (non-hydrogen) atoms. The standard InChI is InChI=1S/C15H24N4O8S/c1-2-17-14(25)10(20)7-28-6-9(13(24)18-5-12(22)23)19-11(21)4-3-8(16)15(26)27/h8-9H,2-7,16H2,1H3,(H,17,25)(H,18,24)(H,19,21)(H,22,23)(H,26,27). The molecular formula is C15H24N4O8S. The molecule has 0 saturated carbocycles. The molecule has 13 heteroatoms. The molecule has 0 saturated heterocycles. The fraction of sp³-hybridized carbons (Fsp3) is 0.600. The summed E-state index contributed by atoms with van der Waals surface area (Å²) in [6, 6.07) is -2.42. The molecule has 0 aliphatic carbocycles. The molecule has 0 heterocycles. The number of nitrogens with one attached hydrogen (secondary N) is 3. The van der Waals surface area contributed by atoms with E-state index in [4.69, 9.17) is 15.9 Å². The first-order valence-electron chi connectivity index (χ1n) is 8.24. The van der Waals surface area contributed by atoms with E-state index >= 15 is 0 Å². The Labute approximate surface area is 165 Å². The van der Waals surface area contributed by atoms with Crippen LogP contribution in [-0.4, -0.2) is 82.3 Å². The van der Waals surface area contributed by atoms with Crippen LogP contribution < -0.4 is 21.7 Å². The number of carbonyl (C=O) groups excluding carboxylic acids is 4. The number of carbonyl (C=O) groups is 6. The maximum Gasteiger partial charge on any atom is 0.322 e. The van der Waals surface area contributed by atoms with Crippen molar-refractivity contribution < 1.29 is 39.0 Å². The number of hydrogen-bond donors (Lipinski definition) is 6. The van der Waals surface area contributed by atoms with Crippen LogP contribution in [0.2, 0.25) is 0 Å². The SMILES string of the molecule is CCNC(=O)C(=O)CSCC(NC(=O)CCC(N)C(=O)O)C(=O)NCC(=O)O. The normalized spacial score (nSPS) is 12.4. The van der Waals surface area contributed by atoms with E-state index in [1.54, 1.807) is 6.92 Å². The maximum absolute atomic E-state index is 12.1. The number of carboxylic acid groups (broad SMARTS) is 2. The van der Waals surface area contributed by atoms with Crippen LogP contribution in [-0.2, 0) is 28.8 Å². The Morgan fingerprint density at radius 2 is 1.71 bits per heavy atom. The molecule has 0 rings (SSSR count). The first-order valence-corrected chi connectivity index (χ1v) is 9.39. The second kappa shape index (κ2) is 13.5. The summed E-state index contributed by atoms with van der Waals surface area (Å²) >= 11 is 0.905. The number of thioether (sulfide) groups is 1. The molecule has 2 unspecified atom stereocenters. The molecule has 3 amide bonds. The third-order valence-corrected chi connectivity index (χ3v) is 4.21. The van der Waals surface area contributed by atoms with Gasteiger partial charge in [-0.05, 0) is 13.3 Å². The zero-order valence-corrected chi connectivity index (χ0v) is 16.0. The number of likely N-dealkylation sites (N-methyl/N-ethyl adjacent to an activating group) is 1. The van der Waals surface area contributed by atoms with Crippen molar-refractivity contribution in [2.24, 2.45) is 5.73 Å². The molecule has 0 radical (unpaired) electrons. The predicted molar refractivity (Wildman–Crippen MR) is 98.4 cm³/mol. The Kier molecular flexibility index (Phi) is 12.2. The molecular weight excluding hydrogens is 396 g/mol. The van der Waals surface area contributed by atoms with E-state index in [0.717, 1.165) is 11.8 Å². The van der Waals surface area contributed by atoms with Crippen LogP contribution >= 0.6 is 11.8 Å². The van der Waals surface area contributed by atoms with Crippen LogP contribution in [0, 0.1) is 0 Å². The van der Waals surface area contributed by atoms with E-state index < -0.39 is 54.1 Å². The van der Waals surface area contributed by atoms with E-state index in [1.165, 1.54) is 0 Å². The third-order valence-electron chi connectivity index (χ3n) is 3.17. The summed E-state index contributed by atoms with van der Waals surface area (Å²) in [6.45, 7) is 1.26. The number of carboxylic acids is 2. The largest absolute Gasteiger partial charge is 0.480 e. The monoisotopic (exact) mass is 420 g/mol. The lowest BCUT2D eigenvalue weighted by atomic mass is 10.1. The van der Waals surface area contributed by atoms with Gasteiger partial charge in [-0.1, -0.05) is 0 Å². The third kappa shape index (κ3) is 11.1. The van der Waals surface area contributed by atoms with E-state index in [9.17, 15) is 28.8 Å². The van der Waals surface area contributed by atoms with Crippen molar-refractivity contribution in [2.75, 3.05) is 24.6 Å². The molecule has 12 nitrogen and oxygen atoms in total. The second-order valence-electron chi connectivity index (χ2n) is 5.51. The van der Waals surface area contributed by atoms with Gasteiger partial charge in [0.15, 0.2) is 0 Å². The molecule has 0 aliphatic rings. The summed E-state index contributed by atoms with van der Waals surface area (Å²) in [5.41, 5.74) is 5.30. The van der Waals surface area contributed by atoms with Crippen molar-refractivity contribution >= 4 is 47.2 Å². The van der Waals surface area contributed by atoms with Gasteiger partial charge in [0.25, 0.3) is 5.91 Å². The Balaban J connectivity index is 4.73. The van der Waals surface area contributed by atoms with Gasteiger partial charge in [0.1, 0.15) is 18.6 Å². The van der Waals surface area contributed by atoms with Gasteiger partial charge in [-0.2, -0.15) is 11.8 Å². The second-order valence-corrected chi connectivity index (χ2v) is 6.54. The zero-order valence-electron chi connectivity index (χ0n) is 15.2. The van der Waals surface area contributed by atoms with Gasteiger partial charge in [0.2, 0.25) is 17.6 Å². The quantitative estimate of drug-likeness (QED) is 0.160. The molecule has 0 spiro atoms. The number of aliphatic carboxylic acids is 2. The van der Waals surface area contributed by atoms with Crippen molar-refractivity contribution in [3.8, 4) is 0 Å². The van der Waals surface area contributed by atoms with Crippen LogP contribution in [0.25, 0.3) is 0 Å². The molecule has 0 aromatic carbocycles. The van der Waals surface area contributed by atoms with E-state index in [2.05, 4.69) is 16.0 Å². The predicted octanol–water partition coefficient (Wildman–Crippen LogP) is -2.70. The first-order chi connectivity index (χ1) is 13.1. The minimum atomic E-state index is -1.29. The summed E-state index contributed by atoms with van der Waals surface area (Å²) in [4.78, 5) is 68.1. The molecule has 0 bridgehead atoms. The molecule has 2 atom stereocenters. The molecule has 158 valence electrons. The Bertz CT molecular complexity index is 613. The van der Waals surface area contributed by atoms with E-state index in [0.29, 0.717) is 0 Å². The lowest BCUT2D eigenvalue weighted by molar-refractivity contribution is -0.139. The lowest BCUT2D eigenvalue weighted by Gasteiger charge is -2.18. The molecule has 0 aliphatic heterocycles. The van der Waals surface area contributed by atoms with Crippen LogP contribution in [0.1, 0.15) is 19.8 Å². The Morgan fingerprint density at radius 1 is 1.07 bits per heavy atom. The number of hydrogen-bond acceptors (Lipinski definition) is 8. The van der Waals surface area contributed by atoms with Crippen molar-refractivity contribution in [1.82, 2.24) is 16.0 Å². The van der Waals surface area contributed by atoms with Crippen LogP contribution in [0.3, 0.4) is 0 Å². The average Bonchev–Trinajstić information content (AvgIpc) is 2.62. The van der Waals surface area contributed by atoms with Crippen LogP contribution in [0.5, 0.6) is 0 Å². The van der Waals surface area contributed by atoms with Gasteiger partial charge in [-0.25, -0.2) is 0 Å². The van der Waals surface area contributed by atoms with Gasteiger partial charge in [-0.15, -0.1) is 0 Å². The number of nitrogens with two attached hydrogens (primary N) is 1. The zero-order chi connectivity index (χ0) is 21.7. The first kappa shape index (κ1) is 25.3. The fourth-order valence-electron chi connectivity index (χ4n) is 1.74. The molecule has 0 fully saturated rings. The van der Waals surface area contributed by atoms with E-state index in [-0.39, 0.29) is 30.9 Å². The minimum absolute atomic E-state index is 0.104. The molecule has 0 aromatic heterocycles.